The maximum atomic E-state index is 12.0. The number of benzene rings is 1. The molecule has 1 heterocycles. The van der Waals surface area contributed by atoms with Crippen molar-refractivity contribution in [3.63, 3.8) is 0 Å². The fourth-order valence-corrected chi connectivity index (χ4v) is 2.46. The Morgan fingerprint density at radius 1 is 1.00 bits per heavy atom. The molecule has 1 aromatic heterocycles. The zero-order chi connectivity index (χ0) is 17.5. The van der Waals surface area contributed by atoms with Crippen molar-refractivity contribution in [1.29, 1.82) is 0 Å². The van der Waals surface area contributed by atoms with E-state index >= 15 is 0 Å². The lowest BCUT2D eigenvalue weighted by Crippen LogP contribution is -2.48. The Bertz CT molecular complexity index is 758. The van der Waals surface area contributed by atoms with Crippen molar-refractivity contribution in [2.75, 3.05) is 5.32 Å². The molecule has 0 fully saturated rings. The topological polar surface area (TPSA) is 99.3 Å². The van der Waals surface area contributed by atoms with Gasteiger partial charge < -0.3 is 5.32 Å². The Morgan fingerprint density at radius 2 is 1.71 bits per heavy atom. The number of thiocarbonyl (C=S) groups is 1. The number of thiophene rings is 1. The molecule has 9 heteroatoms. The minimum Gasteiger partial charge on any atom is -0.326 e. The molecule has 0 bridgehead atoms. The van der Waals surface area contributed by atoms with Gasteiger partial charge in [-0.05, 0) is 47.9 Å². The molecule has 0 saturated heterocycles. The van der Waals surface area contributed by atoms with Crippen LogP contribution in [0.25, 0.3) is 0 Å². The van der Waals surface area contributed by atoms with E-state index in [2.05, 4.69) is 21.5 Å². The minimum absolute atomic E-state index is 0.0170. The van der Waals surface area contributed by atoms with Crippen LogP contribution in [-0.4, -0.2) is 22.8 Å². The predicted octanol–water partition coefficient (Wildman–Crippen LogP) is 1.66. The third-order valence-electron chi connectivity index (χ3n) is 2.73. The molecule has 2 rings (SSSR count). The highest BCUT2D eigenvalue weighted by Crippen LogP contribution is 2.09. The van der Waals surface area contributed by atoms with E-state index in [0.717, 1.165) is 0 Å². The summed E-state index contributed by atoms with van der Waals surface area (Å²) in [4.78, 5) is 35.2. The summed E-state index contributed by atoms with van der Waals surface area (Å²) in [6.45, 7) is 1.40. The fourth-order valence-electron chi connectivity index (χ4n) is 1.70. The summed E-state index contributed by atoms with van der Waals surface area (Å²) in [5.74, 6) is -0.978. The summed E-state index contributed by atoms with van der Waals surface area (Å²) < 4.78 is 0. The van der Waals surface area contributed by atoms with E-state index in [1.807, 2.05) is 0 Å². The molecule has 0 radical (unpaired) electrons. The first-order valence-electron chi connectivity index (χ1n) is 6.78. The molecule has 4 N–H and O–H groups in total. The molecule has 0 unspecified atom stereocenters. The Hall–Kier alpha value is -2.78. The second-order valence-electron chi connectivity index (χ2n) is 4.60. The molecule has 124 valence electrons. The largest absolute Gasteiger partial charge is 0.326 e. The number of nitrogens with one attached hydrogen (secondary N) is 4. The molecule has 0 spiro atoms. The standard InChI is InChI=1S/C15H14N4O3S2/c1-9(20)16-11-6-4-10(5-7-11)13(21)18-19-15(23)17-14(22)12-3-2-8-24-12/h2-8H,1H3,(H,16,20)(H,18,21)(H2,17,19,22,23). The maximum absolute atomic E-state index is 12.0. The van der Waals surface area contributed by atoms with Gasteiger partial charge in [0.15, 0.2) is 5.11 Å². The average molecular weight is 362 g/mol. The quantitative estimate of drug-likeness (QED) is 0.492. The average Bonchev–Trinajstić information content (AvgIpc) is 3.07. The lowest BCUT2D eigenvalue weighted by atomic mass is 10.2. The molecule has 0 aliphatic heterocycles. The van der Waals surface area contributed by atoms with Crippen LogP contribution < -0.4 is 21.5 Å². The van der Waals surface area contributed by atoms with Gasteiger partial charge in [-0.25, -0.2) is 0 Å². The summed E-state index contributed by atoms with van der Waals surface area (Å²) in [5, 5.41) is 6.81. The zero-order valence-corrected chi connectivity index (χ0v) is 14.2. The van der Waals surface area contributed by atoms with Gasteiger partial charge >= 0.3 is 0 Å². The maximum Gasteiger partial charge on any atom is 0.269 e. The highest BCUT2D eigenvalue weighted by molar-refractivity contribution is 7.80. The van der Waals surface area contributed by atoms with Crippen LogP contribution >= 0.6 is 23.6 Å². The van der Waals surface area contributed by atoms with Gasteiger partial charge in [0.25, 0.3) is 11.8 Å². The normalized spacial score (nSPS) is 9.71. The zero-order valence-electron chi connectivity index (χ0n) is 12.6. The summed E-state index contributed by atoms with van der Waals surface area (Å²) in [6.07, 6.45) is 0. The Labute approximate surface area is 147 Å². The first-order valence-corrected chi connectivity index (χ1v) is 8.07. The third-order valence-corrected chi connectivity index (χ3v) is 3.80. The van der Waals surface area contributed by atoms with Gasteiger partial charge in [0.2, 0.25) is 5.91 Å². The van der Waals surface area contributed by atoms with Crippen molar-refractivity contribution in [3.8, 4) is 0 Å². The van der Waals surface area contributed by atoms with Crippen LogP contribution in [0.5, 0.6) is 0 Å². The second-order valence-corrected chi connectivity index (χ2v) is 5.95. The lowest BCUT2D eigenvalue weighted by Gasteiger charge is -2.10. The molecular weight excluding hydrogens is 348 g/mol. The van der Waals surface area contributed by atoms with Crippen LogP contribution in [0.3, 0.4) is 0 Å². The number of carbonyl (C=O) groups excluding carboxylic acids is 3. The minimum atomic E-state index is -0.433. The van der Waals surface area contributed by atoms with Crippen LogP contribution in [0.2, 0.25) is 0 Å². The molecule has 1 aromatic carbocycles. The molecule has 0 aliphatic carbocycles. The van der Waals surface area contributed by atoms with Gasteiger partial charge in [-0.1, -0.05) is 6.07 Å². The molecule has 0 aliphatic rings. The van der Waals surface area contributed by atoms with E-state index in [1.54, 1.807) is 41.8 Å². The van der Waals surface area contributed by atoms with Crippen LogP contribution in [-0.2, 0) is 4.79 Å². The predicted molar refractivity (Wildman–Crippen MR) is 95.7 cm³/mol. The molecule has 0 saturated carbocycles. The van der Waals surface area contributed by atoms with Crippen LogP contribution in [0.4, 0.5) is 5.69 Å². The summed E-state index contributed by atoms with van der Waals surface area (Å²) in [6, 6.07) is 9.73. The molecule has 0 atom stereocenters. The van der Waals surface area contributed by atoms with Crippen LogP contribution in [0, 0.1) is 0 Å². The van der Waals surface area contributed by atoms with Gasteiger partial charge in [0.1, 0.15) is 0 Å². The van der Waals surface area contributed by atoms with Crippen molar-refractivity contribution in [3.05, 3.63) is 52.2 Å². The number of rotatable bonds is 3. The van der Waals surface area contributed by atoms with E-state index in [0.29, 0.717) is 16.1 Å². The molecule has 2 aromatic rings. The summed E-state index contributed by atoms with van der Waals surface area (Å²) in [5.41, 5.74) is 5.79. The van der Waals surface area contributed by atoms with Gasteiger partial charge in [-0.2, -0.15) is 0 Å². The first-order chi connectivity index (χ1) is 11.5. The monoisotopic (exact) mass is 362 g/mol. The SMILES string of the molecule is CC(=O)Nc1ccc(C(=O)NNC(=S)NC(=O)c2cccs2)cc1. The lowest BCUT2D eigenvalue weighted by molar-refractivity contribution is -0.114. The number of hydrazine groups is 1. The van der Waals surface area contributed by atoms with Gasteiger partial charge in [0.05, 0.1) is 4.88 Å². The van der Waals surface area contributed by atoms with Gasteiger partial charge in [-0.15, -0.1) is 11.3 Å². The van der Waals surface area contributed by atoms with Crippen LogP contribution in [0.15, 0.2) is 41.8 Å². The van der Waals surface area contributed by atoms with Crippen molar-refractivity contribution in [2.45, 2.75) is 6.92 Å². The summed E-state index contributed by atoms with van der Waals surface area (Å²) in [7, 11) is 0. The van der Waals surface area contributed by atoms with E-state index in [9.17, 15) is 14.4 Å². The van der Waals surface area contributed by atoms with Crippen LogP contribution in [0.1, 0.15) is 27.0 Å². The van der Waals surface area contributed by atoms with E-state index in [-0.39, 0.29) is 16.9 Å². The first kappa shape index (κ1) is 17.6. The van der Waals surface area contributed by atoms with E-state index < -0.39 is 5.91 Å². The summed E-state index contributed by atoms with van der Waals surface area (Å²) >= 11 is 6.22. The van der Waals surface area contributed by atoms with Crippen molar-refractivity contribution in [1.82, 2.24) is 16.2 Å². The van der Waals surface area contributed by atoms with Crippen molar-refractivity contribution >= 4 is 52.1 Å². The second kappa shape index (κ2) is 8.18. The van der Waals surface area contributed by atoms with Crippen molar-refractivity contribution in [2.24, 2.45) is 0 Å². The fraction of sp³-hybridized carbons (Fsp3) is 0.0667. The Morgan fingerprint density at radius 3 is 2.29 bits per heavy atom. The number of hydrogen-bond acceptors (Lipinski definition) is 5. The number of amides is 3. The Balaban J connectivity index is 1.82. The number of anilines is 1. The molecular formula is C15H14N4O3S2. The third kappa shape index (κ3) is 5.14. The van der Waals surface area contributed by atoms with E-state index in [4.69, 9.17) is 12.2 Å². The number of carbonyl (C=O) groups is 3. The Kier molecular flexibility index (Phi) is 5.99. The molecule has 3 amide bonds. The van der Waals surface area contributed by atoms with Crippen molar-refractivity contribution < 1.29 is 14.4 Å². The highest BCUT2D eigenvalue weighted by Gasteiger charge is 2.10. The van der Waals surface area contributed by atoms with Gasteiger partial charge in [0, 0.05) is 18.2 Å². The smallest absolute Gasteiger partial charge is 0.269 e. The molecule has 24 heavy (non-hydrogen) atoms. The molecule has 7 nitrogen and oxygen atoms in total. The highest BCUT2D eigenvalue weighted by atomic mass is 32.1. The number of hydrogen-bond donors (Lipinski definition) is 4. The van der Waals surface area contributed by atoms with Gasteiger partial charge in [-0.3, -0.25) is 30.6 Å². The van der Waals surface area contributed by atoms with E-state index in [1.165, 1.54) is 18.3 Å².